The lowest BCUT2D eigenvalue weighted by atomic mass is 10.1. The van der Waals surface area contributed by atoms with Crippen molar-refractivity contribution in [3.63, 3.8) is 0 Å². The normalized spacial score (nSPS) is 16.2. The minimum atomic E-state index is -0.325. The van der Waals surface area contributed by atoms with Crippen LogP contribution in [0, 0.1) is 5.92 Å². The Kier molecular flexibility index (Phi) is 5.76. The van der Waals surface area contributed by atoms with Crippen LogP contribution in [0.1, 0.15) is 12.0 Å². The molecule has 0 radical (unpaired) electrons. The Balaban J connectivity index is 1.29. The van der Waals surface area contributed by atoms with Crippen molar-refractivity contribution in [2.24, 2.45) is 5.92 Å². The zero-order valence-electron chi connectivity index (χ0n) is 15.8. The number of halogens is 1. The van der Waals surface area contributed by atoms with Gasteiger partial charge in [0.2, 0.25) is 11.8 Å². The van der Waals surface area contributed by atoms with E-state index in [1.807, 2.05) is 71.7 Å². The molecule has 2 amide bonds. The third-order valence-corrected chi connectivity index (χ3v) is 5.48. The van der Waals surface area contributed by atoms with E-state index in [9.17, 15) is 9.59 Å². The molecule has 1 aromatic heterocycles. The molecule has 1 saturated heterocycles. The number of amides is 2. The summed E-state index contributed by atoms with van der Waals surface area (Å²) in [5.41, 5.74) is 2.86. The quantitative estimate of drug-likeness (QED) is 0.623. The van der Waals surface area contributed by atoms with Crippen molar-refractivity contribution in [2.75, 3.05) is 18.0 Å². The van der Waals surface area contributed by atoms with Crippen molar-refractivity contribution in [2.45, 2.75) is 12.8 Å². The average Bonchev–Trinajstić information content (AvgIpc) is 3.35. The first-order valence-electron chi connectivity index (χ1n) is 9.53. The van der Waals surface area contributed by atoms with Gasteiger partial charge in [0.25, 0.3) is 0 Å². The molecule has 0 bridgehead atoms. The molecule has 0 aliphatic carbocycles. The van der Waals surface area contributed by atoms with E-state index in [0.717, 1.165) is 21.4 Å². The number of nitrogens with one attached hydrogen (secondary N) is 1. The van der Waals surface area contributed by atoms with E-state index in [1.165, 1.54) is 0 Å². The second-order valence-electron chi connectivity index (χ2n) is 7.05. The van der Waals surface area contributed by atoms with E-state index in [-0.39, 0.29) is 24.2 Å². The Morgan fingerprint density at radius 1 is 1.14 bits per heavy atom. The Hall–Kier alpha value is -2.93. The summed E-state index contributed by atoms with van der Waals surface area (Å²) in [7, 11) is 0. The average molecular weight is 453 g/mol. The van der Waals surface area contributed by atoms with Crippen LogP contribution in [0.15, 0.2) is 71.5 Å². The maximum atomic E-state index is 12.5. The first-order valence-corrected chi connectivity index (χ1v) is 10.3. The second-order valence-corrected chi connectivity index (χ2v) is 7.97. The summed E-state index contributed by atoms with van der Waals surface area (Å²) in [5, 5.41) is 7.33. The number of hydrogen-bond donors (Lipinski definition) is 1. The molecule has 7 heteroatoms. The number of nitrogens with zero attached hydrogens (tertiary/aromatic N) is 3. The lowest BCUT2D eigenvalue weighted by Gasteiger charge is -2.17. The standard InChI is InChI=1S/C22H21BrN4O2/c23-18-5-4-8-20(12-18)26-15-17(11-21(26)28)22(29)24-10-9-16-13-25-27(14-16)19-6-2-1-3-7-19/h1-8,12-14,17H,9-11,15H2,(H,24,29). The van der Waals surface area contributed by atoms with E-state index < -0.39 is 0 Å². The van der Waals surface area contributed by atoms with Gasteiger partial charge in [-0.1, -0.05) is 40.2 Å². The summed E-state index contributed by atoms with van der Waals surface area (Å²) in [6.07, 6.45) is 4.71. The van der Waals surface area contributed by atoms with E-state index in [1.54, 1.807) is 4.90 Å². The van der Waals surface area contributed by atoms with Gasteiger partial charge in [0.15, 0.2) is 0 Å². The van der Waals surface area contributed by atoms with Crippen molar-refractivity contribution < 1.29 is 9.59 Å². The van der Waals surface area contributed by atoms with Gasteiger partial charge in [-0.25, -0.2) is 4.68 Å². The number of aromatic nitrogens is 2. The molecule has 1 unspecified atom stereocenters. The van der Waals surface area contributed by atoms with Crippen molar-refractivity contribution in [3.05, 3.63) is 77.0 Å². The van der Waals surface area contributed by atoms with E-state index >= 15 is 0 Å². The predicted molar refractivity (Wildman–Crippen MR) is 115 cm³/mol. The number of hydrogen-bond acceptors (Lipinski definition) is 3. The fourth-order valence-corrected chi connectivity index (χ4v) is 3.85. The summed E-state index contributed by atoms with van der Waals surface area (Å²) in [5.74, 6) is -0.424. The Bertz CT molecular complexity index is 1020. The van der Waals surface area contributed by atoms with Crippen LogP contribution >= 0.6 is 15.9 Å². The maximum Gasteiger partial charge on any atom is 0.227 e. The van der Waals surface area contributed by atoms with Crippen molar-refractivity contribution in [1.29, 1.82) is 0 Å². The van der Waals surface area contributed by atoms with Gasteiger partial charge < -0.3 is 10.2 Å². The molecule has 0 saturated carbocycles. The van der Waals surface area contributed by atoms with Gasteiger partial charge in [0.05, 0.1) is 17.8 Å². The van der Waals surface area contributed by atoms with Gasteiger partial charge in [0, 0.05) is 35.9 Å². The molecule has 0 spiro atoms. The van der Waals surface area contributed by atoms with Crippen molar-refractivity contribution in [3.8, 4) is 5.69 Å². The third-order valence-electron chi connectivity index (χ3n) is 4.99. The van der Waals surface area contributed by atoms with Crippen LogP contribution in [0.4, 0.5) is 5.69 Å². The van der Waals surface area contributed by atoms with Crippen LogP contribution in [0.25, 0.3) is 5.69 Å². The first kappa shape index (κ1) is 19.4. The molecule has 2 aromatic carbocycles. The molecule has 2 heterocycles. The second kappa shape index (κ2) is 8.61. The first-order chi connectivity index (χ1) is 14.1. The highest BCUT2D eigenvalue weighted by atomic mass is 79.9. The molecule has 1 aliphatic heterocycles. The minimum absolute atomic E-state index is 0.0209. The molecule has 1 aliphatic rings. The topological polar surface area (TPSA) is 67.2 Å². The summed E-state index contributed by atoms with van der Waals surface area (Å²) < 4.78 is 2.73. The predicted octanol–water partition coefficient (Wildman–Crippen LogP) is 3.35. The Labute approximate surface area is 177 Å². The number of carbonyl (C=O) groups excluding carboxylic acids is 2. The molecule has 1 fully saturated rings. The highest BCUT2D eigenvalue weighted by molar-refractivity contribution is 9.10. The molecular formula is C22H21BrN4O2. The molecule has 1 N–H and O–H groups in total. The number of benzene rings is 2. The van der Waals surface area contributed by atoms with Crippen LogP contribution in [-0.2, 0) is 16.0 Å². The van der Waals surface area contributed by atoms with Crippen molar-refractivity contribution in [1.82, 2.24) is 15.1 Å². The van der Waals surface area contributed by atoms with E-state index in [0.29, 0.717) is 19.5 Å². The zero-order valence-corrected chi connectivity index (χ0v) is 17.4. The summed E-state index contributed by atoms with van der Waals surface area (Å²) in [6, 6.07) is 17.5. The maximum absolute atomic E-state index is 12.5. The summed E-state index contributed by atoms with van der Waals surface area (Å²) in [4.78, 5) is 26.6. The van der Waals surface area contributed by atoms with Gasteiger partial charge in [-0.3, -0.25) is 9.59 Å². The van der Waals surface area contributed by atoms with Crippen LogP contribution in [0.3, 0.4) is 0 Å². The number of anilines is 1. The molecule has 1 atom stereocenters. The van der Waals surface area contributed by atoms with Gasteiger partial charge >= 0.3 is 0 Å². The summed E-state index contributed by atoms with van der Waals surface area (Å²) >= 11 is 3.42. The molecule has 148 valence electrons. The Morgan fingerprint density at radius 2 is 1.93 bits per heavy atom. The van der Waals surface area contributed by atoms with E-state index in [2.05, 4.69) is 26.3 Å². The Morgan fingerprint density at radius 3 is 2.72 bits per heavy atom. The smallest absolute Gasteiger partial charge is 0.227 e. The van der Waals surface area contributed by atoms with Gasteiger partial charge in [0.1, 0.15) is 0 Å². The molecule has 4 rings (SSSR count). The van der Waals surface area contributed by atoms with Crippen LogP contribution in [0.5, 0.6) is 0 Å². The highest BCUT2D eigenvalue weighted by Gasteiger charge is 2.34. The lowest BCUT2D eigenvalue weighted by Crippen LogP contribution is -2.34. The van der Waals surface area contributed by atoms with Crippen LogP contribution < -0.4 is 10.2 Å². The molecule has 29 heavy (non-hydrogen) atoms. The van der Waals surface area contributed by atoms with Gasteiger partial charge in [-0.15, -0.1) is 0 Å². The van der Waals surface area contributed by atoms with Crippen LogP contribution in [-0.4, -0.2) is 34.7 Å². The van der Waals surface area contributed by atoms with Crippen molar-refractivity contribution >= 4 is 33.4 Å². The fourth-order valence-electron chi connectivity index (χ4n) is 3.46. The van der Waals surface area contributed by atoms with Gasteiger partial charge in [-0.05, 0) is 42.3 Å². The third kappa shape index (κ3) is 4.56. The minimum Gasteiger partial charge on any atom is -0.355 e. The van der Waals surface area contributed by atoms with E-state index in [4.69, 9.17) is 0 Å². The number of para-hydroxylation sites is 1. The molecule has 6 nitrogen and oxygen atoms in total. The number of carbonyl (C=O) groups is 2. The van der Waals surface area contributed by atoms with Crippen LogP contribution in [0.2, 0.25) is 0 Å². The lowest BCUT2D eigenvalue weighted by molar-refractivity contribution is -0.126. The molecular weight excluding hydrogens is 432 g/mol. The summed E-state index contributed by atoms with van der Waals surface area (Å²) in [6.45, 7) is 0.925. The largest absolute Gasteiger partial charge is 0.355 e. The molecule has 3 aromatic rings. The fraction of sp³-hybridized carbons (Fsp3) is 0.227. The monoisotopic (exact) mass is 452 g/mol. The zero-order chi connectivity index (χ0) is 20.2. The number of rotatable bonds is 6. The van der Waals surface area contributed by atoms with Gasteiger partial charge in [-0.2, -0.15) is 5.10 Å². The highest BCUT2D eigenvalue weighted by Crippen LogP contribution is 2.27. The SMILES string of the molecule is O=C(NCCc1cnn(-c2ccccc2)c1)C1CC(=O)N(c2cccc(Br)c2)C1.